The molecular formula is C20H21BrN4O4S. The Morgan fingerprint density at radius 1 is 1.13 bits per heavy atom. The van der Waals surface area contributed by atoms with Crippen LogP contribution in [0.15, 0.2) is 63.6 Å². The summed E-state index contributed by atoms with van der Waals surface area (Å²) in [6.45, 7) is 0.0424. The van der Waals surface area contributed by atoms with E-state index in [1.807, 2.05) is 24.3 Å². The molecule has 3 aromatic rings. The Hall–Kier alpha value is -2.56. The van der Waals surface area contributed by atoms with Crippen LogP contribution in [-0.2, 0) is 21.4 Å². The van der Waals surface area contributed by atoms with Gasteiger partial charge in [-0.25, -0.2) is 8.42 Å². The van der Waals surface area contributed by atoms with Crippen LogP contribution < -0.4 is 0 Å². The molecule has 0 spiro atoms. The lowest BCUT2D eigenvalue weighted by molar-refractivity contribution is -0.134. The van der Waals surface area contributed by atoms with E-state index in [0.29, 0.717) is 11.4 Å². The van der Waals surface area contributed by atoms with Crippen molar-refractivity contribution in [3.05, 3.63) is 70.5 Å². The number of halogens is 1. The minimum absolute atomic E-state index is 0.0424. The highest BCUT2D eigenvalue weighted by Gasteiger charge is 2.33. The van der Waals surface area contributed by atoms with Gasteiger partial charge in [0.25, 0.3) is 0 Å². The molecule has 30 heavy (non-hydrogen) atoms. The normalized spacial score (nSPS) is 12.7. The van der Waals surface area contributed by atoms with Gasteiger partial charge in [-0.05, 0) is 17.7 Å². The van der Waals surface area contributed by atoms with Crippen LogP contribution >= 0.6 is 15.9 Å². The highest BCUT2D eigenvalue weighted by molar-refractivity contribution is 9.10. The molecule has 0 radical (unpaired) electrons. The number of amides is 1. The maximum atomic E-state index is 13.2. The second-order valence-electron chi connectivity index (χ2n) is 6.81. The zero-order chi connectivity index (χ0) is 21.9. The minimum atomic E-state index is -3.61. The molecule has 1 aromatic heterocycles. The molecule has 10 heteroatoms. The summed E-state index contributed by atoms with van der Waals surface area (Å²) in [5.74, 6) is 0.242. The third-order valence-corrected chi connectivity index (χ3v) is 6.29. The van der Waals surface area contributed by atoms with Gasteiger partial charge in [-0.2, -0.15) is 9.29 Å². The summed E-state index contributed by atoms with van der Waals surface area (Å²) >= 11 is 3.40. The maximum Gasteiger partial charge on any atom is 0.246 e. The van der Waals surface area contributed by atoms with Gasteiger partial charge >= 0.3 is 0 Å². The number of benzene rings is 2. The zero-order valence-electron chi connectivity index (χ0n) is 16.7. The molecule has 0 saturated carbocycles. The van der Waals surface area contributed by atoms with E-state index in [2.05, 4.69) is 26.1 Å². The highest BCUT2D eigenvalue weighted by Crippen LogP contribution is 2.25. The number of nitrogens with zero attached hydrogens (tertiary/aromatic N) is 4. The molecule has 1 heterocycles. The van der Waals surface area contributed by atoms with Gasteiger partial charge in [0.05, 0.1) is 12.8 Å². The molecule has 3 rings (SSSR count). The number of carbonyl (C=O) groups excluding carboxylic acids is 1. The van der Waals surface area contributed by atoms with Gasteiger partial charge in [0.1, 0.15) is 6.04 Å². The number of likely N-dealkylation sites (N-methyl/N-ethyl adjacent to an activating group) is 2. The highest BCUT2D eigenvalue weighted by atomic mass is 79.9. The molecule has 1 amide bonds. The van der Waals surface area contributed by atoms with Crippen LogP contribution in [0.25, 0.3) is 11.4 Å². The molecule has 0 N–H and O–H groups in total. The molecular weight excluding hydrogens is 472 g/mol. The fourth-order valence-corrected chi connectivity index (χ4v) is 3.88. The van der Waals surface area contributed by atoms with Crippen molar-refractivity contribution in [1.29, 1.82) is 0 Å². The smallest absolute Gasteiger partial charge is 0.246 e. The van der Waals surface area contributed by atoms with Gasteiger partial charge < -0.3 is 9.42 Å². The third kappa shape index (κ3) is 5.13. The molecule has 8 nitrogen and oxygen atoms in total. The van der Waals surface area contributed by atoms with Gasteiger partial charge in [0, 0.05) is 24.1 Å². The lowest BCUT2D eigenvalue weighted by Gasteiger charge is -2.29. The minimum Gasteiger partial charge on any atom is -0.337 e. The molecule has 0 fully saturated rings. The lowest BCUT2D eigenvalue weighted by atomic mass is 10.1. The summed E-state index contributed by atoms with van der Waals surface area (Å²) in [4.78, 5) is 18.9. The molecule has 1 atom stereocenters. The lowest BCUT2D eigenvalue weighted by Crippen LogP contribution is -2.41. The first-order valence-corrected chi connectivity index (χ1v) is 11.6. The van der Waals surface area contributed by atoms with Crippen molar-refractivity contribution in [3.63, 3.8) is 0 Å². The number of sulfonamides is 1. The monoisotopic (exact) mass is 492 g/mol. The molecule has 0 aliphatic heterocycles. The van der Waals surface area contributed by atoms with Gasteiger partial charge in [-0.1, -0.05) is 63.6 Å². The average Bonchev–Trinajstić information content (AvgIpc) is 3.16. The van der Waals surface area contributed by atoms with E-state index in [-0.39, 0.29) is 12.4 Å². The number of hydrogen-bond acceptors (Lipinski definition) is 6. The van der Waals surface area contributed by atoms with Crippen molar-refractivity contribution in [2.75, 3.05) is 20.4 Å². The molecule has 0 aliphatic rings. The quantitative estimate of drug-likeness (QED) is 0.502. The predicted molar refractivity (Wildman–Crippen MR) is 116 cm³/mol. The number of aromatic nitrogens is 2. The van der Waals surface area contributed by atoms with Crippen LogP contribution in [0.5, 0.6) is 0 Å². The Bertz CT molecular complexity index is 1130. The molecule has 2 aromatic carbocycles. The largest absolute Gasteiger partial charge is 0.337 e. The van der Waals surface area contributed by atoms with Crippen LogP contribution in [0.4, 0.5) is 0 Å². The van der Waals surface area contributed by atoms with E-state index in [0.717, 1.165) is 20.6 Å². The van der Waals surface area contributed by atoms with Crippen molar-refractivity contribution < 1.29 is 17.7 Å². The topological polar surface area (TPSA) is 96.6 Å². The summed E-state index contributed by atoms with van der Waals surface area (Å²) in [5, 5.41) is 3.97. The molecule has 0 unspecified atom stereocenters. The Kier molecular flexibility index (Phi) is 6.69. The van der Waals surface area contributed by atoms with Crippen molar-refractivity contribution in [3.8, 4) is 11.4 Å². The number of hydrogen-bond donors (Lipinski definition) is 0. The van der Waals surface area contributed by atoms with Crippen LogP contribution in [0.1, 0.15) is 17.5 Å². The van der Waals surface area contributed by atoms with E-state index in [1.54, 1.807) is 37.4 Å². The van der Waals surface area contributed by atoms with E-state index in [1.165, 1.54) is 11.9 Å². The van der Waals surface area contributed by atoms with E-state index < -0.39 is 22.0 Å². The van der Waals surface area contributed by atoms with Gasteiger partial charge in [0.2, 0.25) is 27.6 Å². The summed E-state index contributed by atoms with van der Waals surface area (Å²) in [6.07, 6.45) is 1.07. The van der Waals surface area contributed by atoms with Crippen molar-refractivity contribution in [1.82, 2.24) is 19.3 Å². The first-order chi connectivity index (χ1) is 14.2. The van der Waals surface area contributed by atoms with E-state index in [4.69, 9.17) is 4.52 Å². The fourth-order valence-electron chi connectivity index (χ4n) is 2.89. The van der Waals surface area contributed by atoms with Crippen molar-refractivity contribution in [2.24, 2.45) is 0 Å². The summed E-state index contributed by atoms with van der Waals surface area (Å²) < 4.78 is 31.5. The average molecular weight is 493 g/mol. The van der Waals surface area contributed by atoms with Gasteiger partial charge in [-0.3, -0.25) is 4.79 Å². The van der Waals surface area contributed by atoms with Gasteiger partial charge in [0.15, 0.2) is 0 Å². The fraction of sp³-hybridized carbons (Fsp3) is 0.250. The van der Waals surface area contributed by atoms with Crippen molar-refractivity contribution in [2.45, 2.75) is 12.6 Å². The molecule has 0 saturated heterocycles. The maximum absolute atomic E-state index is 13.2. The SMILES string of the molecule is CN(Cc1nc(-c2cccc(Br)c2)no1)C(=O)[C@H](c1ccccc1)N(C)S(C)(=O)=O. The van der Waals surface area contributed by atoms with Crippen LogP contribution in [0.3, 0.4) is 0 Å². The van der Waals surface area contributed by atoms with E-state index >= 15 is 0 Å². The standard InChI is InChI=1S/C20H21BrN4O4S/c1-24(13-17-22-19(23-29-17)15-10-7-11-16(21)12-15)20(26)18(25(2)30(3,27)28)14-8-5-4-6-9-14/h4-12,18H,13H2,1-3H3/t18-/m0/s1. The van der Waals surface area contributed by atoms with Crippen LogP contribution in [0, 0.1) is 0 Å². The number of carbonyl (C=O) groups is 1. The van der Waals surface area contributed by atoms with Crippen molar-refractivity contribution >= 4 is 31.9 Å². The first kappa shape index (κ1) is 22.1. The molecule has 0 aliphatic carbocycles. The Balaban J connectivity index is 1.82. The first-order valence-electron chi connectivity index (χ1n) is 8.98. The Labute approximate surface area is 183 Å². The number of rotatable bonds is 7. The van der Waals surface area contributed by atoms with Crippen LogP contribution in [0.2, 0.25) is 0 Å². The Morgan fingerprint density at radius 3 is 2.47 bits per heavy atom. The molecule has 0 bridgehead atoms. The Morgan fingerprint density at radius 2 is 1.83 bits per heavy atom. The second-order valence-corrected chi connectivity index (χ2v) is 9.77. The molecule has 158 valence electrons. The predicted octanol–water partition coefficient (Wildman–Crippen LogP) is 3.09. The van der Waals surface area contributed by atoms with Crippen LogP contribution in [-0.4, -0.2) is 54.0 Å². The van der Waals surface area contributed by atoms with Gasteiger partial charge in [-0.15, -0.1) is 0 Å². The third-order valence-electron chi connectivity index (χ3n) is 4.54. The second kappa shape index (κ2) is 9.07. The summed E-state index contributed by atoms with van der Waals surface area (Å²) in [6, 6.07) is 15.2. The summed E-state index contributed by atoms with van der Waals surface area (Å²) in [5.41, 5.74) is 1.34. The summed E-state index contributed by atoms with van der Waals surface area (Å²) in [7, 11) is -0.655. The van der Waals surface area contributed by atoms with E-state index in [9.17, 15) is 13.2 Å². The zero-order valence-corrected chi connectivity index (χ0v) is 19.1.